The first kappa shape index (κ1) is 23.0. The third-order valence-corrected chi connectivity index (χ3v) is 7.41. The number of hydrogen-bond donors (Lipinski definition) is 3. The molecule has 1 aromatic rings. The molecule has 7 nitrogen and oxygen atoms in total. The van der Waals surface area contributed by atoms with E-state index in [1.54, 1.807) is 6.92 Å². The highest BCUT2D eigenvalue weighted by atomic mass is 35.5. The van der Waals surface area contributed by atoms with E-state index in [9.17, 15) is 13.6 Å². The second kappa shape index (κ2) is 8.78. The third kappa shape index (κ3) is 4.11. The summed E-state index contributed by atoms with van der Waals surface area (Å²) in [6.45, 7) is 3.82. The molecule has 4 aliphatic heterocycles. The Kier molecular flexibility index (Phi) is 5.93. The van der Waals surface area contributed by atoms with Gasteiger partial charge in [0.25, 0.3) is 5.91 Å². The van der Waals surface area contributed by atoms with Crippen molar-refractivity contribution >= 4 is 28.9 Å². The lowest BCUT2D eigenvalue weighted by Crippen LogP contribution is -2.51. The van der Waals surface area contributed by atoms with Crippen molar-refractivity contribution in [1.82, 2.24) is 15.5 Å². The van der Waals surface area contributed by atoms with Crippen LogP contribution >= 0.6 is 11.6 Å². The van der Waals surface area contributed by atoms with Crippen LogP contribution in [0.1, 0.15) is 43.5 Å². The first-order valence-corrected chi connectivity index (χ1v) is 11.7. The summed E-state index contributed by atoms with van der Waals surface area (Å²) in [7, 11) is 0. The molecule has 10 heteroatoms. The predicted molar refractivity (Wildman–Crippen MR) is 126 cm³/mol. The minimum Gasteiger partial charge on any atom is -0.486 e. The number of likely N-dealkylation sites (tertiary alicyclic amines) is 1. The lowest BCUT2D eigenvalue weighted by molar-refractivity contribution is 0.0442. The van der Waals surface area contributed by atoms with Gasteiger partial charge in [-0.2, -0.15) is 0 Å². The number of ether oxygens (including phenoxy) is 1. The van der Waals surface area contributed by atoms with Crippen LogP contribution in [0, 0.1) is 11.2 Å². The molecule has 3 fully saturated rings. The first-order chi connectivity index (χ1) is 16.2. The summed E-state index contributed by atoms with van der Waals surface area (Å²) in [4.78, 5) is 19.3. The number of benzene rings is 1. The number of piperidine rings is 1. The van der Waals surface area contributed by atoms with Gasteiger partial charge in [0.05, 0.1) is 35.1 Å². The summed E-state index contributed by atoms with van der Waals surface area (Å²) in [6, 6.07) is 3.57. The van der Waals surface area contributed by atoms with Crippen LogP contribution in [0.3, 0.4) is 0 Å². The molecule has 1 unspecified atom stereocenters. The Hall–Kier alpha value is -2.78. The minimum atomic E-state index is -1.23. The number of rotatable bonds is 3. The molecule has 4 atom stereocenters. The quantitative estimate of drug-likeness (QED) is 0.604. The number of aliphatic imine (C=N–C) groups is 1. The standard InChI is InChI=1S/C24H26ClF2N5O2/c1-11-21(25)12(2)30-23(29-11)16-9-32(10-17(16)28)24(33)15-5-3-13(26)7-19(15)34-20-8-14-4-6-18(31-14)22(20)27/h3,5,7,14,18,20,22,28-29,31H,4,6,8-10H2,1-2H3/b23-16+,28-17?/t14-,18+,20+,22?/m0/s1. The van der Waals surface area contributed by atoms with E-state index in [2.05, 4.69) is 15.6 Å². The maximum atomic E-state index is 14.9. The van der Waals surface area contributed by atoms with Crippen molar-refractivity contribution in [3.63, 3.8) is 0 Å². The average Bonchev–Trinajstić information content (AvgIpc) is 3.39. The molecule has 1 amide bonds. The van der Waals surface area contributed by atoms with Crippen LogP contribution in [0.5, 0.6) is 5.75 Å². The molecule has 0 saturated carbocycles. The van der Waals surface area contributed by atoms with Crippen molar-refractivity contribution in [1.29, 1.82) is 5.41 Å². The highest BCUT2D eigenvalue weighted by Crippen LogP contribution is 2.34. The van der Waals surface area contributed by atoms with Gasteiger partial charge in [0.1, 0.15) is 23.5 Å². The molecule has 3 saturated heterocycles. The van der Waals surface area contributed by atoms with Gasteiger partial charge in [0, 0.05) is 35.8 Å². The third-order valence-electron chi connectivity index (χ3n) is 6.85. The van der Waals surface area contributed by atoms with Crippen LogP contribution in [-0.2, 0) is 0 Å². The van der Waals surface area contributed by atoms with Crippen molar-refractivity contribution < 1.29 is 18.3 Å². The molecule has 0 aromatic heterocycles. The number of halogens is 3. The topological polar surface area (TPSA) is 89.8 Å². The van der Waals surface area contributed by atoms with Crippen LogP contribution in [0.4, 0.5) is 8.78 Å². The summed E-state index contributed by atoms with van der Waals surface area (Å²) >= 11 is 6.20. The summed E-state index contributed by atoms with van der Waals surface area (Å²) in [6.07, 6.45) is 0.102. The fraction of sp³-hybridized carbons (Fsp3) is 0.458. The van der Waals surface area contributed by atoms with E-state index < -0.39 is 24.0 Å². The molecule has 1 aromatic carbocycles. The van der Waals surface area contributed by atoms with E-state index in [0.29, 0.717) is 28.6 Å². The van der Waals surface area contributed by atoms with E-state index in [-0.39, 0.29) is 42.2 Å². The largest absolute Gasteiger partial charge is 0.486 e. The Morgan fingerprint density at radius 3 is 2.85 bits per heavy atom. The number of allylic oxidation sites excluding steroid dienone is 2. The van der Waals surface area contributed by atoms with Gasteiger partial charge in [-0.3, -0.25) is 4.79 Å². The molecular formula is C24H26ClF2N5O2. The number of nitrogens with one attached hydrogen (secondary N) is 3. The van der Waals surface area contributed by atoms with Gasteiger partial charge < -0.3 is 25.7 Å². The van der Waals surface area contributed by atoms with E-state index >= 15 is 0 Å². The van der Waals surface area contributed by atoms with Crippen molar-refractivity contribution in [3.8, 4) is 5.75 Å². The normalized spacial score (nSPS) is 31.0. The molecular weight excluding hydrogens is 464 g/mol. The molecule has 5 rings (SSSR count). The number of hydrogen-bond acceptors (Lipinski definition) is 6. The number of alkyl halides is 1. The highest BCUT2D eigenvalue weighted by molar-refractivity contribution is 6.43. The van der Waals surface area contributed by atoms with Crippen LogP contribution < -0.4 is 15.4 Å². The number of amides is 1. The first-order valence-electron chi connectivity index (χ1n) is 11.4. The maximum Gasteiger partial charge on any atom is 0.258 e. The van der Waals surface area contributed by atoms with Crippen LogP contribution in [0.2, 0.25) is 0 Å². The Bertz CT molecular complexity index is 1160. The fourth-order valence-electron chi connectivity index (χ4n) is 5.06. The van der Waals surface area contributed by atoms with Crippen LogP contribution in [0.25, 0.3) is 0 Å². The highest BCUT2D eigenvalue weighted by Gasteiger charge is 2.43. The number of fused-ring (bicyclic) bond motifs is 2. The van der Waals surface area contributed by atoms with Gasteiger partial charge in [-0.15, -0.1) is 0 Å². The van der Waals surface area contributed by atoms with E-state index in [1.165, 1.54) is 17.0 Å². The average molecular weight is 490 g/mol. The van der Waals surface area contributed by atoms with Crippen LogP contribution in [0.15, 0.2) is 45.3 Å². The zero-order valence-corrected chi connectivity index (χ0v) is 19.7. The smallest absolute Gasteiger partial charge is 0.258 e. The molecule has 4 aliphatic rings. The van der Waals surface area contributed by atoms with Gasteiger partial charge in [-0.05, 0) is 38.8 Å². The van der Waals surface area contributed by atoms with Gasteiger partial charge in [-0.25, -0.2) is 13.8 Å². The predicted octanol–water partition coefficient (Wildman–Crippen LogP) is 3.66. The van der Waals surface area contributed by atoms with E-state index in [4.69, 9.17) is 21.7 Å². The number of carbonyl (C=O) groups is 1. The Balaban J connectivity index is 1.38. The lowest BCUT2D eigenvalue weighted by Gasteiger charge is -2.33. The second-order valence-corrected chi connectivity index (χ2v) is 9.63. The van der Waals surface area contributed by atoms with Crippen molar-refractivity contribution in [3.05, 3.63) is 51.7 Å². The number of nitrogens with zero attached hydrogens (tertiary/aromatic N) is 2. The summed E-state index contributed by atoms with van der Waals surface area (Å²) < 4.78 is 34.9. The van der Waals surface area contributed by atoms with Gasteiger partial charge in [0.15, 0.2) is 6.17 Å². The van der Waals surface area contributed by atoms with Gasteiger partial charge in [0.2, 0.25) is 0 Å². The Morgan fingerprint density at radius 2 is 2.09 bits per heavy atom. The molecule has 180 valence electrons. The molecule has 0 spiro atoms. The Labute approximate surface area is 201 Å². The van der Waals surface area contributed by atoms with Crippen LogP contribution in [-0.4, -0.2) is 59.7 Å². The zero-order chi connectivity index (χ0) is 24.1. The van der Waals surface area contributed by atoms with Crippen molar-refractivity contribution in [2.75, 3.05) is 13.1 Å². The SMILES string of the molecule is CC1=N/C(=C2\CN(C(=O)c3ccc(F)cc3O[C@@H]3C[C@@H]4CC[C@@H](N4)C3F)CC2=N)NC(C)=C1Cl. The molecule has 0 radical (unpaired) electrons. The molecule has 34 heavy (non-hydrogen) atoms. The molecule has 0 aliphatic carbocycles. The van der Waals surface area contributed by atoms with Crippen molar-refractivity contribution in [2.45, 2.75) is 57.5 Å². The van der Waals surface area contributed by atoms with Gasteiger partial charge in [-0.1, -0.05) is 11.6 Å². The monoisotopic (exact) mass is 489 g/mol. The molecule has 3 N–H and O–H groups in total. The summed E-state index contributed by atoms with van der Waals surface area (Å²) in [5.74, 6) is -0.460. The van der Waals surface area contributed by atoms with E-state index in [0.717, 1.165) is 24.6 Å². The maximum absolute atomic E-state index is 14.9. The summed E-state index contributed by atoms with van der Waals surface area (Å²) in [5.41, 5.74) is 2.33. The van der Waals surface area contributed by atoms with Crippen molar-refractivity contribution in [2.24, 2.45) is 4.99 Å². The second-order valence-electron chi connectivity index (χ2n) is 9.25. The van der Waals surface area contributed by atoms with E-state index in [1.807, 2.05) is 6.92 Å². The Morgan fingerprint density at radius 1 is 1.29 bits per heavy atom. The lowest BCUT2D eigenvalue weighted by atomic mass is 10.00. The zero-order valence-electron chi connectivity index (χ0n) is 18.9. The minimum absolute atomic E-state index is 0.0294. The molecule has 4 heterocycles. The number of carbonyl (C=O) groups excluding carboxylic acids is 1. The molecule has 2 bridgehead atoms. The van der Waals surface area contributed by atoms with Gasteiger partial charge >= 0.3 is 0 Å². The summed E-state index contributed by atoms with van der Waals surface area (Å²) in [5, 5.41) is 15.3. The fourth-order valence-corrected chi connectivity index (χ4v) is 5.14.